The summed E-state index contributed by atoms with van der Waals surface area (Å²) in [5, 5.41) is 5.26. The summed E-state index contributed by atoms with van der Waals surface area (Å²) in [6.45, 7) is 0. The van der Waals surface area contributed by atoms with Crippen LogP contribution in [0.3, 0.4) is 0 Å². The summed E-state index contributed by atoms with van der Waals surface area (Å²) in [4.78, 5) is 9.82. The van der Waals surface area contributed by atoms with Gasteiger partial charge in [0.2, 0.25) is 0 Å². The number of benzene rings is 7. The number of ether oxygens (including phenoxy) is 1. The van der Waals surface area contributed by atoms with E-state index >= 15 is 0 Å². The van der Waals surface area contributed by atoms with Crippen LogP contribution in [0.15, 0.2) is 182 Å². The molecule has 0 aliphatic heterocycles. The van der Waals surface area contributed by atoms with Crippen LogP contribution in [-0.4, -0.2) is 18.9 Å². The van der Waals surface area contributed by atoms with Crippen molar-refractivity contribution < 1.29 is 25.8 Å². The fourth-order valence-corrected chi connectivity index (χ4v) is 8.07. The molecule has 7 aromatic carbocycles. The molecule has 0 saturated carbocycles. The Morgan fingerprint density at radius 1 is 0.500 bits per heavy atom. The zero-order valence-electron chi connectivity index (χ0n) is 29.8. The number of para-hydroxylation sites is 1. The van der Waals surface area contributed by atoms with Gasteiger partial charge in [0.25, 0.3) is 0 Å². The van der Waals surface area contributed by atoms with E-state index in [4.69, 9.17) is 9.72 Å². The molecule has 0 bridgehead atoms. The first-order chi connectivity index (χ1) is 27.3. The van der Waals surface area contributed by atoms with Crippen molar-refractivity contribution in [2.24, 2.45) is 0 Å². The third-order valence-electron chi connectivity index (χ3n) is 10.5. The van der Waals surface area contributed by atoms with Gasteiger partial charge in [-0.3, -0.25) is 4.98 Å². The van der Waals surface area contributed by atoms with Crippen LogP contribution in [-0.2, 0) is 21.1 Å². The Balaban J connectivity index is 0.00000384. The van der Waals surface area contributed by atoms with Crippen LogP contribution in [0, 0.1) is 12.1 Å². The van der Waals surface area contributed by atoms with Gasteiger partial charge in [-0.2, -0.15) is 6.07 Å². The molecule has 11 rings (SSSR count). The number of hydrogen-bond donors (Lipinski definition) is 0. The van der Waals surface area contributed by atoms with Gasteiger partial charge in [0.15, 0.2) is 0 Å². The number of aromatic nitrogens is 4. The third kappa shape index (κ3) is 5.43. The monoisotopic (exact) mass is 897 g/mol. The maximum Gasteiger partial charge on any atom is 2.00 e. The SMILES string of the molecule is [Pt+2].[c-]1c(Oc2[c-]c3c(cc2)c2ccccc2n3-c2ccccn2)ccc2c1c1ncc(-c3ccccc3)n1c1c(-c3ccccc3)ccc(-c3ccccc3)c21. The summed E-state index contributed by atoms with van der Waals surface area (Å²) < 4.78 is 11.1. The zero-order chi connectivity index (χ0) is 36.3. The molecule has 0 aliphatic rings. The predicted molar refractivity (Wildman–Crippen MR) is 223 cm³/mol. The molecule has 0 aliphatic carbocycles. The Bertz CT molecular complexity index is 3210. The van der Waals surface area contributed by atoms with Gasteiger partial charge >= 0.3 is 21.1 Å². The molecule has 0 fully saturated rings. The minimum Gasteiger partial charge on any atom is -0.503 e. The van der Waals surface area contributed by atoms with E-state index in [1.54, 1.807) is 0 Å². The summed E-state index contributed by atoms with van der Waals surface area (Å²) in [5.74, 6) is 1.99. The number of fused-ring (bicyclic) bond motifs is 9. The van der Waals surface area contributed by atoms with Gasteiger partial charge in [0, 0.05) is 40.5 Å². The summed E-state index contributed by atoms with van der Waals surface area (Å²) in [6.07, 6.45) is 3.79. The first-order valence-electron chi connectivity index (χ1n) is 18.3. The second-order valence-electron chi connectivity index (χ2n) is 13.6. The van der Waals surface area contributed by atoms with Crippen molar-refractivity contribution in [1.82, 2.24) is 18.9 Å². The van der Waals surface area contributed by atoms with Crippen LogP contribution in [0.2, 0.25) is 0 Å². The van der Waals surface area contributed by atoms with Gasteiger partial charge in [-0.15, -0.1) is 29.7 Å². The molecule has 11 aromatic rings. The standard InChI is InChI=1S/C50H30N4O.Pt/c1-4-14-33(15-5-1)38-27-28-39(34-16-6-2-7-17-34)49-48(38)42-26-24-36(30-43(42)50-52-32-46(54(49)50)35-18-8-3-9-19-35)55-37-23-25-41-40-20-10-11-21-44(40)53(45(41)31-37)47-22-12-13-29-51-47;/h1-29,32H;/q-2;+2. The minimum absolute atomic E-state index is 0. The number of imidazole rings is 1. The molecule has 266 valence electrons. The largest absolute Gasteiger partial charge is 2.00 e. The van der Waals surface area contributed by atoms with E-state index in [1.165, 1.54) is 0 Å². The van der Waals surface area contributed by atoms with Crippen LogP contribution in [0.25, 0.3) is 88.5 Å². The van der Waals surface area contributed by atoms with E-state index in [-0.39, 0.29) is 21.1 Å². The van der Waals surface area contributed by atoms with Crippen molar-refractivity contribution in [1.29, 1.82) is 0 Å². The number of hydrogen-bond acceptors (Lipinski definition) is 3. The Hall–Kier alpha value is -6.81. The van der Waals surface area contributed by atoms with Crippen molar-refractivity contribution in [3.05, 3.63) is 194 Å². The minimum atomic E-state index is 0. The van der Waals surface area contributed by atoms with Crippen molar-refractivity contribution >= 4 is 49.1 Å². The van der Waals surface area contributed by atoms with Gasteiger partial charge in [0.1, 0.15) is 5.82 Å². The smallest absolute Gasteiger partial charge is 0.503 e. The van der Waals surface area contributed by atoms with E-state index in [0.29, 0.717) is 11.5 Å². The Labute approximate surface area is 337 Å². The molecule has 56 heavy (non-hydrogen) atoms. The summed E-state index contributed by atoms with van der Waals surface area (Å²) in [5.41, 5.74) is 10.5. The summed E-state index contributed by atoms with van der Waals surface area (Å²) >= 11 is 0. The topological polar surface area (TPSA) is 44.3 Å². The molecule has 0 unspecified atom stereocenters. The van der Waals surface area contributed by atoms with Gasteiger partial charge in [-0.05, 0) is 51.2 Å². The van der Waals surface area contributed by atoms with E-state index in [0.717, 1.165) is 88.5 Å². The maximum absolute atomic E-state index is 6.66. The van der Waals surface area contributed by atoms with Gasteiger partial charge in [-0.1, -0.05) is 150 Å². The molecule has 5 nitrogen and oxygen atoms in total. The van der Waals surface area contributed by atoms with Crippen molar-refractivity contribution in [2.45, 2.75) is 0 Å². The van der Waals surface area contributed by atoms with Crippen LogP contribution >= 0.6 is 0 Å². The van der Waals surface area contributed by atoms with E-state index in [9.17, 15) is 0 Å². The van der Waals surface area contributed by atoms with Crippen LogP contribution in [0.4, 0.5) is 0 Å². The molecule has 6 heteroatoms. The molecule has 0 spiro atoms. The fourth-order valence-electron chi connectivity index (χ4n) is 8.07. The predicted octanol–water partition coefficient (Wildman–Crippen LogP) is 12.5. The average molecular weight is 898 g/mol. The average Bonchev–Trinajstić information content (AvgIpc) is 3.85. The molecule has 0 radical (unpaired) electrons. The summed E-state index contributed by atoms with van der Waals surface area (Å²) in [6, 6.07) is 66.0. The first-order valence-corrected chi connectivity index (χ1v) is 18.3. The molecule has 4 aromatic heterocycles. The molecular weight excluding hydrogens is 868 g/mol. The van der Waals surface area contributed by atoms with Crippen molar-refractivity contribution in [2.75, 3.05) is 0 Å². The molecule has 4 heterocycles. The van der Waals surface area contributed by atoms with E-state index < -0.39 is 0 Å². The first kappa shape index (κ1) is 33.7. The number of nitrogens with zero attached hydrogens (tertiary/aromatic N) is 4. The van der Waals surface area contributed by atoms with E-state index in [1.807, 2.05) is 48.8 Å². The molecule has 0 saturated heterocycles. The number of pyridine rings is 2. The van der Waals surface area contributed by atoms with Gasteiger partial charge < -0.3 is 13.7 Å². The Kier molecular flexibility index (Phi) is 8.31. The molecule has 0 atom stereocenters. The zero-order valence-corrected chi connectivity index (χ0v) is 32.1. The third-order valence-corrected chi connectivity index (χ3v) is 10.5. The maximum atomic E-state index is 6.66. The van der Waals surface area contributed by atoms with Crippen molar-refractivity contribution in [3.63, 3.8) is 0 Å². The quantitative estimate of drug-likeness (QED) is 0.123. The number of rotatable bonds is 6. The Morgan fingerprint density at radius 2 is 1.12 bits per heavy atom. The van der Waals surface area contributed by atoms with Crippen LogP contribution in [0.1, 0.15) is 0 Å². The summed E-state index contributed by atoms with van der Waals surface area (Å²) in [7, 11) is 0. The van der Waals surface area contributed by atoms with E-state index in [2.05, 4.69) is 160 Å². The molecule has 0 amide bonds. The Morgan fingerprint density at radius 3 is 1.86 bits per heavy atom. The van der Waals surface area contributed by atoms with Crippen molar-refractivity contribution in [3.8, 4) is 50.8 Å². The molecule has 0 N–H and O–H groups in total. The second kappa shape index (κ2) is 13.8. The van der Waals surface area contributed by atoms with Crippen LogP contribution < -0.4 is 4.74 Å². The second-order valence-corrected chi connectivity index (χ2v) is 13.6. The molecular formula is C50H30N4OPt. The normalized spacial score (nSPS) is 11.4. The fraction of sp³-hybridized carbons (Fsp3) is 0. The van der Waals surface area contributed by atoms with Gasteiger partial charge in [-0.25, -0.2) is 4.98 Å². The van der Waals surface area contributed by atoms with Gasteiger partial charge in [0.05, 0.1) is 11.3 Å². The van der Waals surface area contributed by atoms with Crippen LogP contribution in [0.5, 0.6) is 11.5 Å².